The van der Waals surface area contributed by atoms with Gasteiger partial charge in [-0.05, 0) is 25.1 Å². The zero-order chi connectivity index (χ0) is 10.6. The number of benzene rings is 1. The summed E-state index contributed by atoms with van der Waals surface area (Å²) in [6.45, 7) is 2.46. The molecule has 0 unspecified atom stereocenters. The first-order valence-electron chi connectivity index (χ1n) is 4.15. The summed E-state index contributed by atoms with van der Waals surface area (Å²) in [6.07, 6.45) is 0. The highest BCUT2D eigenvalue weighted by atomic mass is 79.9. The molecular weight excluding hydrogens is 249 g/mol. The normalized spacial score (nSPS) is 11.5. The summed E-state index contributed by atoms with van der Waals surface area (Å²) in [4.78, 5) is 3.92. The zero-order valence-electron chi connectivity index (χ0n) is 7.72. The van der Waals surface area contributed by atoms with Crippen molar-refractivity contribution in [3.63, 3.8) is 0 Å². The smallest absolute Gasteiger partial charge is 0.193 e. The molecule has 3 nitrogen and oxygen atoms in total. The summed E-state index contributed by atoms with van der Waals surface area (Å²) in [7, 11) is 0. The van der Waals surface area contributed by atoms with E-state index in [1.165, 1.54) is 12.1 Å². The standard InChI is InChI=1S/C9H11BrFN3/c1-2-13-9(12)14-8-4-6(10)3-7(11)5-8/h3-5H,2H2,1H3,(H3,12,13,14). The zero-order valence-corrected chi connectivity index (χ0v) is 9.31. The molecule has 1 aromatic rings. The number of guanidine groups is 1. The van der Waals surface area contributed by atoms with Crippen molar-refractivity contribution in [2.24, 2.45) is 10.7 Å². The molecule has 0 aromatic heterocycles. The average Bonchev–Trinajstić information content (AvgIpc) is 2.01. The third-order valence-corrected chi connectivity index (χ3v) is 1.92. The van der Waals surface area contributed by atoms with Crippen LogP contribution in [0.1, 0.15) is 6.92 Å². The molecule has 14 heavy (non-hydrogen) atoms. The van der Waals surface area contributed by atoms with Crippen molar-refractivity contribution < 1.29 is 4.39 Å². The van der Waals surface area contributed by atoms with Crippen LogP contribution in [0.25, 0.3) is 0 Å². The highest BCUT2D eigenvalue weighted by Gasteiger charge is 1.99. The van der Waals surface area contributed by atoms with Gasteiger partial charge >= 0.3 is 0 Å². The van der Waals surface area contributed by atoms with Crippen LogP contribution in [0.2, 0.25) is 0 Å². The molecule has 0 spiro atoms. The van der Waals surface area contributed by atoms with Crippen molar-refractivity contribution >= 4 is 27.6 Å². The number of nitrogens with two attached hydrogens (primary N) is 1. The Balaban J connectivity index is 2.81. The highest BCUT2D eigenvalue weighted by molar-refractivity contribution is 9.10. The SMILES string of the molecule is CCN=C(N)Nc1cc(F)cc(Br)c1. The van der Waals surface area contributed by atoms with E-state index in [-0.39, 0.29) is 11.8 Å². The minimum absolute atomic E-state index is 0.282. The molecule has 5 heteroatoms. The van der Waals surface area contributed by atoms with E-state index in [0.29, 0.717) is 16.7 Å². The van der Waals surface area contributed by atoms with Crippen molar-refractivity contribution in [3.8, 4) is 0 Å². The number of nitrogens with one attached hydrogen (secondary N) is 1. The van der Waals surface area contributed by atoms with Gasteiger partial charge in [-0.1, -0.05) is 15.9 Å². The van der Waals surface area contributed by atoms with E-state index in [1.807, 2.05) is 6.92 Å². The van der Waals surface area contributed by atoms with Crippen molar-refractivity contribution in [2.45, 2.75) is 6.92 Å². The lowest BCUT2D eigenvalue weighted by Crippen LogP contribution is -2.22. The molecule has 0 radical (unpaired) electrons. The maximum Gasteiger partial charge on any atom is 0.193 e. The van der Waals surface area contributed by atoms with Gasteiger partial charge < -0.3 is 11.1 Å². The molecule has 0 atom stereocenters. The van der Waals surface area contributed by atoms with Crippen molar-refractivity contribution in [1.82, 2.24) is 0 Å². The second-order valence-corrected chi connectivity index (χ2v) is 3.56. The quantitative estimate of drug-likeness (QED) is 0.633. The third kappa shape index (κ3) is 3.33. The average molecular weight is 260 g/mol. The molecule has 0 bridgehead atoms. The van der Waals surface area contributed by atoms with Gasteiger partial charge in [-0.2, -0.15) is 0 Å². The second kappa shape index (κ2) is 4.95. The maximum atomic E-state index is 12.9. The number of halogens is 2. The van der Waals surface area contributed by atoms with Gasteiger partial charge in [0.1, 0.15) is 5.82 Å². The minimum atomic E-state index is -0.328. The Kier molecular flexibility index (Phi) is 3.88. The molecule has 0 saturated carbocycles. The third-order valence-electron chi connectivity index (χ3n) is 1.46. The topological polar surface area (TPSA) is 50.4 Å². The van der Waals surface area contributed by atoms with E-state index >= 15 is 0 Å². The fourth-order valence-corrected chi connectivity index (χ4v) is 1.45. The first-order chi connectivity index (χ1) is 6.61. The van der Waals surface area contributed by atoms with Crippen LogP contribution in [0.4, 0.5) is 10.1 Å². The predicted octanol–water partition coefficient (Wildman–Crippen LogP) is 2.33. The van der Waals surface area contributed by atoms with Crippen molar-refractivity contribution in [1.29, 1.82) is 0 Å². The van der Waals surface area contributed by atoms with E-state index in [2.05, 4.69) is 26.2 Å². The maximum absolute atomic E-state index is 12.9. The Morgan fingerprint density at radius 3 is 2.86 bits per heavy atom. The van der Waals surface area contributed by atoms with Crippen LogP contribution in [0.5, 0.6) is 0 Å². The Hall–Kier alpha value is -1.10. The highest BCUT2D eigenvalue weighted by Crippen LogP contribution is 2.18. The van der Waals surface area contributed by atoms with Crippen LogP contribution in [-0.4, -0.2) is 12.5 Å². The molecule has 3 N–H and O–H groups in total. The van der Waals surface area contributed by atoms with E-state index in [4.69, 9.17) is 5.73 Å². The summed E-state index contributed by atoms with van der Waals surface area (Å²) in [6, 6.07) is 4.45. The lowest BCUT2D eigenvalue weighted by atomic mass is 10.3. The molecule has 0 aliphatic rings. The summed E-state index contributed by atoms with van der Waals surface area (Å²) in [5.74, 6) is -0.0452. The Morgan fingerprint density at radius 1 is 1.57 bits per heavy atom. The molecule has 0 amide bonds. The molecule has 1 rings (SSSR count). The van der Waals surface area contributed by atoms with Gasteiger partial charge in [-0.3, -0.25) is 4.99 Å². The lowest BCUT2D eigenvalue weighted by Gasteiger charge is -2.05. The fraction of sp³-hybridized carbons (Fsp3) is 0.222. The first-order valence-corrected chi connectivity index (χ1v) is 4.94. The summed E-state index contributed by atoms with van der Waals surface area (Å²) < 4.78 is 13.6. The fourth-order valence-electron chi connectivity index (χ4n) is 0.984. The largest absolute Gasteiger partial charge is 0.370 e. The number of nitrogens with zero attached hydrogens (tertiary/aromatic N) is 1. The van der Waals surface area contributed by atoms with Crippen molar-refractivity contribution in [2.75, 3.05) is 11.9 Å². The van der Waals surface area contributed by atoms with Gasteiger partial charge in [0.2, 0.25) is 0 Å². The van der Waals surface area contributed by atoms with E-state index in [9.17, 15) is 4.39 Å². The lowest BCUT2D eigenvalue weighted by molar-refractivity contribution is 0.627. The van der Waals surface area contributed by atoms with Gasteiger partial charge in [0.05, 0.1) is 0 Å². The molecule has 0 aliphatic carbocycles. The van der Waals surface area contributed by atoms with Gasteiger partial charge in [-0.15, -0.1) is 0 Å². The van der Waals surface area contributed by atoms with Crippen LogP contribution < -0.4 is 11.1 Å². The van der Waals surface area contributed by atoms with Gasteiger partial charge in [0.25, 0.3) is 0 Å². The van der Waals surface area contributed by atoms with Crippen LogP contribution in [0, 0.1) is 5.82 Å². The Morgan fingerprint density at radius 2 is 2.29 bits per heavy atom. The number of hydrogen-bond donors (Lipinski definition) is 2. The Bertz CT molecular complexity index is 332. The van der Waals surface area contributed by atoms with E-state index in [1.54, 1.807) is 6.07 Å². The van der Waals surface area contributed by atoms with Gasteiger partial charge in [0, 0.05) is 16.7 Å². The summed E-state index contributed by atoms with van der Waals surface area (Å²) >= 11 is 3.18. The molecule has 0 fully saturated rings. The van der Waals surface area contributed by atoms with Gasteiger partial charge in [0.15, 0.2) is 5.96 Å². The minimum Gasteiger partial charge on any atom is -0.370 e. The Labute approximate surface area is 90.3 Å². The van der Waals surface area contributed by atoms with Crippen LogP contribution >= 0.6 is 15.9 Å². The molecule has 1 aromatic carbocycles. The van der Waals surface area contributed by atoms with Crippen LogP contribution in [0.3, 0.4) is 0 Å². The number of rotatable bonds is 2. The second-order valence-electron chi connectivity index (χ2n) is 2.64. The first kappa shape index (κ1) is 11.0. The molecule has 76 valence electrons. The number of hydrogen-bond acceptors (Lipinski definition) is 1. The van der Waals surface area contributed by atoms with Crippen LogP contribution in [0.15, 0.2) is 27.7 Å². The summed E-state index contributed by atoms with van der Waals surface area (Å²) in [5.41, 5.74) is 6.09. The molecule has 0 heterocycles. The molecular formula is C9H11BrFN3. The number of anilines is 1. The monoisotopic (exact) mass is 259 g/mol. The van der Waals surface area contributed by atoms with E-state index in [0.717, 1.165) is 0 Å². The van der Waals surface area contributed by atoms with E-state index < -0.39 is 0 Å². The summed E-state index contributed by atoms with van der Waals surface area (Å²) in [5, 5.41) is 2.78. The van der Waals surface area contributed by atoms with Crippen molar-refractivity contribution in [3.05, 3.63) is 28.5 Å². The predicted molar refractivity (Wildman–Crippen MR) is 59.9 cm³/mol. The molecule has 0 aliphatic heterocycles. The van der Waals surface area contributed by atoms with Crippen LogP contribution in [-0.2, 0) is 0 Å². The molecule has 0 saturated heterocycles. The van der Waals surface area contributed by atoms with Gasteiger partial charge in [-0.25, -0.2) is 4.39 Å². The number of aliphatic imine (C=N–C) groups is 1.